The van der Waals surface area contributed by atoms with Crippen molar-refractivity contribution in [3.8, 4) is 23.2 Å². The average Bonchev–Trinajstić information content (AvgIpc) is 3.42. The van der Waals surface area contributed by atoms with Gasteiger partial charge in [-0.15, -0.1) is 0 Å². The van der Waals surface area contributed by atoms with E-state index in [2.05, 4.69) is 26.9 Å². The summed E-state index contributed by atoms with van der Waals surface area (Å²) in [5, 5.41) is 14.8. The Balaban J connectivity index is 1.64. The number of imidazole rings is 1. The van der Waals surface area contributed by atoms with E-state index in [1.165, 1.54) is 4.57 Å². The molecule has 9 heteroatoms. The minimum Gasteiger partial charge on any atom is -0.378 e. The second-order valence-corrected chi connectivity index (χ2v) is 8.50. The molecule has 1 aliphatic rings. The van der Waals surface area contributed by atoms with Gasteiger partial charge in [0, 0.05) is 19.3 Å². The van der Waals surface area contributed by atoms with E-state index in [1.54, 1.807) is 21.6 Å². The molecule has 170 valence electrons. The molecule has 0 atom stereocenters. The summed E-state index contributed by atoms with van der Waals surface area (Å²) in [5.41, 5.74) is -0.150. The molecular formula is C23H30N6O3. The maximum atomic E-state index is 12.9. The number of aryl methyl sites for hydroxylation is 1. The highest BCUT2D eigenvalue weighted by Crippen LogP contribution is 2.27. The van der Waals surface area contributed by atoms with Crippen LogP contribution in [0.2, 0.25) is 0 Å². The minimum absolute atomic E-state index is 0.323. The Bertz CT molecular complexity index is 1280. The van der Waals surface area contributed by atoms with Gasteiger partial charge in [0.15, 0.2) is 5.65 Å². The molecule has 0 radical (unpaired) electrons. The van der Waals surface area contributed by atoms with Gasteiger partial charge in [0.1, 0.15) is 23.5 Å². The van der Waals surface area contributed by atoms with Gasteiger partial charge in [-0.2, -0.15) is 5.10 Å². The lowest BCUT2D eigenvalue weighted by Crippen LogP contribution is -2.40. The highest BCUT2D eigenvalue weighted by atomic mass is 16.3. The zero-order valence-electron chi connectivity index (χ0n) is 18.7. The van der Waals surface area contributed by atoms with Crippen molar-refractivity contribution in [1.82, 2.24) is 28.9 Å². The van der Waals surface area contributed by atoms with Gasteiger partial charge in [0.05, 0.1) is 11.8 Å². The molecule has 0 aromatic carbocycles. The van der Waals surface area contributed by atoms with Gasteiger partial charge in [-0.05, 0) is 38.5 Å². The van der Waals surface area contributed by atoms with Crippen LogP contribution < -0.4 is 11.2 Å². The predicted octanol–water partition coefficient (Wildman–Crippen LogP) is 2.27. The summed E-state index contributed by atoms with van der Waals surface area (Å²) in [4.78, 5) is 33.4. The molecule has 3 aromatic heterocycles. The van der Waals surface area contributed by atoms with Crippen LogP contribution in [0, 0.1) is 11.8 Å². The molecule has 0 amide bonds. The van der Waals surface area contributed by atoms with Crippen LogP contribution in [0.1, 0.15) is 58.8 Å². The number of H-pyrrole nitrogens is 1. The van der Waals surface area contributed by atoms with Gasteiger partial charge in [-0.1, -0.05) is 32.1 Å². The Labute approximate surface area is 186 Å². The third kappa shape index (κ3) is 4.28. The van der Waals surface area contributed by atoms with Crippen LogP contribution in [-0.4, -0.2) is 39.6 Å². The van der Waals surface area contributed by atoms with E-state index in [1.807, 2.05) is 13.8 Å². The smallest absolute Gasteiger partial charge is 0.332 e. The lowest BCUT2D eigenvalue weighted by atomic mass is 9.85. The molecule has 3 aromatic rings. The zero-order chi connectivity index (χ0) is 22.7. The van der Waals surface area contributed by atoms with Gasteiger partial charge < -0.3 is 10.1 Å². The van der Waals surface area contributed by atoms with Crippen molar-refractivity contribution in [3.63, 3.8) is 0 Å². The number of aromatic amines is 1. The third-order valence-corrected chi connectivity index (χ3v) is 5.91. The summed E-state index contributed by atoms with van der Waals surface area (Å²) in [7, 11) is 0. The molecule has 0 spiro atoms. The molecule has 0 aliphatic heterocycles. The molecule has 0 saturated heterocycles. The lowest BCUT2D eigenvalue weighted by Gasteiger charge is -2.26. The predicted molar refractivity (Wildman–Crippen MR) is 122 cm³/mol. The third-order valence-electron chi connectivity index (χ3n) is 5.91. The Morgan fingerprint density at radius 2 is 1.84 bits per heavy atom. The number of fused-ring (bicyclic) bond motifs is 1. The van der Waals surface area contributed by atoms with E-state index < -0.39 is 5.60 Å². The van der Waals surface area contributed by atoms with E-state index >= 15 is 0 Å². The average molecular weight is 439 g/mol. The number of aromatic nitrogens is 6. The standard InChI is InChI=1S/C23H30N6O3/c1-3-12-28-20-18(21(30)29(13-4-2)22(28)31)25-19(26-20)17-15-24-27(16-17)14-8-11-23(32)9-6-5-7-10-23/h15-16,32H,3-7,9-10,12-14H2,1-2H3,(H,25,26). The molecule has 1 saturated carbocycles. The van der Waals surface area contributed by atoms with Gasteiger partial charge in [-0.3, -0.25) is 18.6 Å². The summed E-state index contributed by atoms with van der Waals surface area (Å²) in [6.45, 7) is 5.13. The first-order chi connectivity index (χ1) is 15.5. The fourth-order valence-electron chi connectivity index (χ4n) is 4.27. The Morgan fingerprint density at radius 3 is 2.56 bits per heavy atom. The lowest BCUT2D eigenvalue weighted by molar-refractivity contribution is 0.0609. The molecule has 0 unspecified atom stereocenters. The Morgan fingerprint density at radius 1 is 1.12 bits per heavy atom. The van der Waals surface area contributed by atoms with Crippen molar-refractivity contribution >= 4 is 11.2 Å². The number of hydrogen-bond acceptors (Lipinski definition) is 5. The molecule has 32 heavy (non-hydrogen) atoms. The molecule has 3 heterocycles. The Hall–Kier alpha value is -3.12. The fourth-order valence-corrected chi connectivity index (χ4v) is 4.27. The summed E-state index contributed by atoms with van der Waals surface area (Å²) in [5.74, 6) is 6.53. The summed E-state index contributed by atoms with van der Waals surface area (Å²) >= 11 is 0. The first kappa shape index (κ1) is 22.1. The highest BCUT2D eigenvalue weighted by Gasteiger charge is 2.26. The van der Waals surface area contributed by atoms with Crippen LogP contribution in [0.3, 0.4) is 0 Å². The van der Waals surface area contributed by atoms with E-state index in [-0.39, 0.29) is 11.2 Å². The van der Waals surface area contributed by atoms with E-state index in [0.717, 1.165) is 38.5 Å². The molecule has 0 bridgehead atoms. The number of nitrogens with one attached hydrogen (secondary N) is 1. The molecule has 2 N–H and O–H groups in total. The van der Waals surface area contributed by atoms with Crippen LogP contribution in [0.4, 0.5) is 0 Å². The highest BCUT2D eigenvalue weighted by molar-refractivity contribution is 5.75. The monoisotopic (exact) mass is 438 g/mol. The van der Waals surface area contributed by atoms with E-state index in [4.69, 9.17) is 0 Å². The SMILES string of the molecule is CCCn1c(=O)c2[nH]c(-c3cnn(CC#CC4(O)CCCCC4)c3)nc2n(CCC)c1=O. The maximum Gasteiger partial charge on any atom is 0.332 e. The Kier molecular flexibility index (Phi) is 6.33. The first-order valence-electron chi connectivity index (χ1n) is 11.4. The zero-order valence-corrected chi connectivity index (χ0v) is 18.7. The van der Waals surface area contributed by atoms with E-state index in [9.17, 15) is 14.7 Å². The van der Waals surface area contributed by atoms with Gasteiger partial charge in [0.25, 0.3) is 5.56 Å². The second-order valence-electron chi connectivity index (χ2n) is 8.50. The van der Waals surface area contributed by atoms with Crippen molar-refractivity contribution in [1.29, 1.82) is 0 Å². The normalized spacial score (nSPS) is 15.6. The number of nitrogens with zero attached hydrogens (tertiary/aromatic N) is 5. The van der Waals surface area contributed by atoms with Crippen LogP contribution in [-0.2, 0) is 19.6 Å². The molecule has 1 fully saturated rings. The summed E-state index contributed by atoms with van der Waals surface area (Å²) in [6.07, 6.45) is 9.50. The van der Waals surface area contributed by atoms with Crippen molar-refractivity contribution in [2.24, 2.45) is 0 Å². The molecule has 1 aliphatic carbocycles. The van der Waals surface area contributed by atoms with Crippen molar-refractivity contribution in [2.75, 3.05) is 0 Å². The van der Waals surface area contributed by atoms with Gasteiger partial charge >= 0.3 is 5.69 Å². The fraction of sp³-hybridized carbons (Fsp3) is 0.565. The summed E-state index contributed by atoms with van der Waals surface area (Å²) in [6, 6.07) is 0. The van der Waals surface area contributed by atoms with Crippen LogP contribution >= 0.6 is 0 Å². The topological polar surface area (TPSA) is 111 Å². The number of rotatable bonds is 6. The second kappa shape index (κ2) is 9.17. The van der Waals surface area contributed by atoms with Crippen molar-refractivity contribution in [2.45, 2.75) is 84.0 Å². The quantitative estimate of drug-likeness (QED) is 0.574. The first-order valence-corrected chi connectivity index (χ1v) is 11.4. The van der Waals surface area contributed by atoms with Crippen molar-refractivity contribution in [3.05, 3.63) is 33.2 Å². The minimum atomic E-state index is -0.881. The van der Waals surface area contributed by atoms with E-state index in [0.29, 0.717) is 48.6 Å². The molecule has 4 rings (SSSR count). The number of aliphatic hydroxyl groups is 1. The van der Waals surface area contributed by atoms with Crippen LogP contribution in [0.15, 0.2) is 22.0 Å². The molecular weight excluding hydrogens is 408 g/mol. The number of hydrogen-bond donors (Lipinski definition) is 2. The maximum absolute atomic E-state index is 12.9. The largest absolute Gasteiger partial charge is 0.378 e. The van der Waals surface area contributed by atoms with Gasteiger partial charge in [-0.25, -0.2) is 9.78 Å². The van der Waals surface area contributed by atoms with Crippen molar-refractivity contribution < 1.29 is 5.11 Å². The van der Waals surface area contributed by atoms with Gasteiger partial charge in [0.2, 0.25) is 0 Å². The van der Waals surface area contributed by atoms with Crippen LogP contribution in [0.25, 0.3) is 22.6 Å². The molecule has 9 nitrogen and oxygen atoms in total. The summed E-state index contributed by atoms with van der Waals surface area (Å²) < 4.78 is 4.51. The van der Waals surface area contributed by atoms with Crippen LogP contribution in [0.5, 0.6) is 0 Å².